The van der Waals surface area contributed by atoms with Crippen LogP contribution >= 0.6 is 0 Å². The highest BCUT2D eigenvalue weighted by atomic mass is 16.5. The molecule has 3 heteroatoms. The van der Waals surface area contributed by atoms with E-state index in [1.807, 2.05) is 0 Å². The summed E-state index contributed by atoms with van der Waals surface area (Å²) in [5.41, 5.74) is 0. The summed E-state index contributed by atoms with van der Waals surface area (Å²) in [5, 5.41) is 3.39. The van der Waals surface area contributed by atoms with Crippen molar-refractivity contribution < 1.29 is 4.74 Å². The van der Waals surface area contributed by atoms with Crippen LogP contribution in [0.5, 0.6) is 0 Å². The zero-order valence-electron chi connectivity index (χ0n) is 12.3. The highest BCUT2D eigenvalue weighted by Gasteiger charge is 2.33. The Labute approximate surface area is 112 Å². The van der Waals surface area contributed by atoms with Crippen LogP contribution in [-0.4, -0.2) is 48.8 Å². The Kier molecular flexibility index (Phi) is 5.46. The zero-order chi connectivity index (χ0) is 13.0. The Bertz CT molecular complexity index is 247. The number of hydrogen-bond donors (Lipinski definition) is 1. The molecule has 0 aromatic heterocycles. The van der Waals surface area contributed by atoms with Gasteiger partial charge < -0.3 is 10.1 Å². The number of likely N-dealkylation sites (N-methyl/N-ethyl adjacent to an activating group) is 1. The topological polar surface area (TPSA) is 24.5 Å². The van der Waals surface area contributed by atoms with E-state index < -0.39 is 0 Å². The summed E-state index contributed by atoms with van der Waals surface area (Å²) in [6, 6.07) is 1.56. The number of nitrogens with zero attached hydrogens (tertiary/aromatic N) is 1. The first-order valence-corrected chi connectivity index (χ1v) is 7.86. The molecule has 2 saturated heterocycles. The third-order valence-corrected chi connectivity index (χ3v) is 4.66. The monoisotopic (exact) mass is 254 g/mol. The Morgan fingerprint density at radius 1 is 1.11 bits per heavy atom. The smallest absolute Gasteiger partial charge is 0.0707 e. The fourth-order valence-electron chi connectivity index (χ4n) is 3.50. The molecule has 2 aliphatic heterocycles. The fourth-order valence-corrected chi connectivity index (χ4v) is 3.50. The lowest BCUT2D eigenvalue weighted by Crippen LogP contribution is -2.40. The Morgan fingerprint density at radius 3 is 2.61 bits per heavy atom. The van der Waals surface area contributed by atoms with E-state index in [-0.39, 0.29) is 0 Å². The molecule has 2 fully saturated rings. The van der Waals surface area contributed by atoms with Gasteiger partial charge in [0, 0.05) is 25.2 Å². The van der Waals surface area contributed by atoms with Gasteiger partial charge >= 0.3 is 0 Å². The van der Waals surface area contributed by atoms with Crippen LogP contribution in [0.3, 0.4) is 0 Å². The highest BCUT2D eigenvalue weighted by Crippen LogP contribution is 2.29. The van der Waals surface area contributed by atoms with E-state index in [9.17, 15) is 0 Å². The highest BCUT2D eigenvalue weighted by molar-refractivity contribution is 4.88. The summed E-state index contributed by atoms with van der Waals surface area (Å²) in [6.07, 6.45) is 7.44. The largest absolute Gasteiger partial charge is 0.372 e. The lowest BCUT2D eigenvalue weighted by molar-refractivity contribution is 0.0139. The molecule has 0 aromatic rings. The first-order valence-electron chi connectivity index (χ1n) is 7.86. The van der Waals surface area contributed by atoms with Crippen molar-refractivity contribution in [2.75, 3.05) is 19.6 Å². The van der Waals surface area contributed by atoms with E-state index >= 15 is 0 Å². The summed E-state index contributed by atoms with van der Waals surface area (Å²) in [4.78, 5) is 2.69. The van der Waals surface area contributed by atoms with Gasteiger partial charge in [-0.3, -0.25) is 4.90 Å². The Hall–Kier alpha value is -0.120. The van der Waals surface area contributed by atoms with Crippen LogP contribution in [0.1, 0.15) is 52.9 Å². The van der Waals surface area contributed by atoms with Crippen molar-refractivity contribution in [2.24, 2.45) is 0 Å². The van der Waals surface area contributed by atoms with Gasteiger partial charge in [-0.15, -0.1) is 0 Å². The van der Waals surface area contributed by atoms with Crippen molar-refractivity contribution in [2.45, 2.75) is 77.2 Å². The van der Waals surface area contributed by atoms with E-state index in [4.69, 9.17) is 4.74 Å². The van der Waals surface area contributed by atoms with E-state index in [2.05, 4.69) is 31.0 Å². The SMILES string of the molecule is CCNCC1CCC(CN2C(C)CCC2CC)O1. The van der Waals surface area contributed by atoms with Crippen molar-refractivity contribution >= 4 is 0 Å². The van der Waals surface area contributed by atoms with E-state index in [1.54, 1.807) is 0 Å². The molecule has 0 amide bonds. The van der Waals surface area contributed by atoms with Crippen LogP contribution in [0.25, 0.3) is 0 Å². The minimum absolute atomic E-state index is 0.452. The second-order valence-electron chi connectivity index (χ2n) is 5.95. The second kappa shape index (κ2) is 6.88. The normalized spacial score (nSPS) is 37.5. The lowest BCUT2D eigenvalue weighted by Gasteiger charge is -2.30. The molecule has 2 aliphatic rings. The molecule has 0 radical (unpaired) electrons. The van der Waals surface area contributed by atoms with Gasteiger partial charge in [-0.05, 0) is 45.6 Å². The Balaban J connectivity index is 1.76. The van der Waals surface area contributed by atoms with E-state index in [0.717, 1.165) is 31.7 Å². The fraction of sp³-hybridized carbons (Fsp3) is 1.00. The molecule has 0 bridgehead atoms. The number of hydrogen-bond acceptors (Lipinski definition) is 3. The average molecular weight is 254 g/mol. The summed E-state index contributed by atoms with van der Waals surface area (Å²) in [7, 11) is 0. The van der Waals surface area contributed by atoms with Gasteiger partial charge in [-0.2, -0.15) is 0 Å². The molecule has 2 heterocycles. The molecular weight excluding hydrogens is 224 g/mol. The summed E-state index contributed by atoms with van der Waals surface area (Å²) >= 11 is 0. The van der Waals surface area contributed by atoms with Crippen LogP contribution in [0.2, 0.25) is 0 Å². The molecule has 0 aliphatic carbocycles. The molecule has 1 N–H and O–H groups in total. The van der Waals surface area contributed by atoms with Gasteiger partial charge in [0.05, 0.1) is 12.2 Å². The maximum absolute atomic E-state index is 6.16. The minimum Gasteiger partial charge on any atom is -0.372 e. The molecule has 3 nitrogen and oxygen atoms in total. The average Bonchev–Trinajstić information content (AvgIpc) is 2.96. The third-order valence-electron chi connectivity index (χ3n) is 4.66. The van der Waals surface area contributed by atoms with Crippen LogP contribution in [0.15, 0.2) is 0 Å². The molecule has 0 saturated carbocycles. The van der Waals surface area contributed by atoms with Gasteiger partial charge in [0.25, 0.3) is 0 Å². The maximum Gasteiger partial charge on any atom is 0.0707 e. The lowest BCUT2D eigenvalue weighted by atomic mass is 10.1. The molecule has 18 heavy (non-hydrogen) atoms. The molecule has 4 unspecified atom stereocenters. The van der Waals surface area contributed by atoms with Crippen molar-refractivity contribution in [3.05, 3.63) is 0 Å². The van der Waals surface area contributed by atoms with Crippen molar-refractivity contribution in [1.82, 2.24) is 10.2 Å². The standard InChI is InChI=1S/C15H30N2O/c1-4-13-7-6-12(3)17(13)11-15-9-8-14(18-15)10-16-5-2/h12-16H,4-11H2,1-3H3. The predicted molar refractivity (Wildman–Crippen MR) is 75.9 cm³/mol. The van der Waals surface area contributed by atoms with Gasteiger partial charge in [0.1, 0.15) is 0 Å². The van der Waals surface area contributed by atoms with Gasteiger partial charge in [0.2, 0.25) is 0 Å². The number of ether oxygens (including phenoxy) is 1. The first kappa shape index (κ1) is 14.3. The van der Waals surface area contributed by atoms with Crippen LogP contribution < -0.4 is 5.32 Å². The zero-order valence-corrected chi connectivity index (χ0v) is 12.3. The summed E-state index contributed by atoms with van der Waals surface area (Å²) in [6.45, 7) is 10.1. The number of likely N-dealkylation sites (tertiary alicyclic amines) is 1. The number of nitrogens with one attached hydrogen (secondary N) is 1. The van der Waals surface area contributed by atoms with Crippen LogP contribution in [0.4, 0.5) is 0 Å². The maximum atomic E-state index is 6.16. The van der Waals surface area contributed by atoms with E-state index in [1.165, 1.54) is 32.1 Å². The quantitative estimate of drug-likeness (QED) is 0.788. The molecular formula is C15H30N2O. The van der Waals surface area contributed by atoms with E-state index in [0.29, 0.717) is 12.2 Å². The number of rotatable bonds is 6. The Morgan fingerprint density at radius 2 is 1.89 bits per heavy atom. The van der Waals surface area contributed by atoms with Crippen LogP contribution in [0, 0.1) is 0 Å². The van der Waals surface area contributed by atoms with Crippen molar-refractivity contribution in [1.29, 1.82) is 0 Å². The van der Waals surface area contributed by atoms with Gasteiger partial charge in [0.15, 0.2) is 0 Å². The van der Waals surface area contributed by atoms with Gasteiger partial charge in [-0.1, -0.05) is 13.8 Å². The molecule has 0 aromatic carbocycles. The predicted octanol–water partition coefficient (Wildman–Crippen LogP) is 2.41. The second-order valence-corrected chi connectivity index (χ2v) is 5.95. The third kappa shape index (κ3) is 3.46. The molecule has 4 atom stereocenters. The van der Waals surface area contributed by atoms with Gasteiger partial charge in [-0.25, -0.2) is 0 Å². The summed E-state index contributed by atoms with van der Waals surface area (Å²) in [5.74, 6) is 0. The molecule has 0 spiro atoms. The molecule has 2 rings (SSSR count). The summed E-state index contributed by atoms with van der Waals surface area (Å²) < 4.78 is 6.16. The van der Waals surface area contributed by atoms with Crippen molar-refractivity contribution in [3.8, 4) is 0 Å². The van der Waals surface area contributed by atoms with Crippen LogP contribution in [-0.2, 0) is 4.74 Å². The van der Waals surface area contributed by atoms with Crippen molar-refractivity contribution in [3.63, 3.8) is 0 Å². The minimum atomic E-state index is 0.452. The first-order chi connectivity index (χ1) is 8.74. The molecule has 106 valence electrons.